The SMILES string of the molecule is CCCOc1ccccc1C(N)c1cc(Br)ccc1Cl. The number of para-hydroxylation sites is 1. The predicted molar refractivity (Wildman–Crippen MR) is 87.4 cm³/mol. The minimum absolute atomic E-state index is 0.312. The van der Waals surface area contributed by atoms with Crippen LogP contribution in [0.5, 0.6) is 5.75 Å². The number of rotatable bonds is 5. The van der Waals surface area contributed by atoms with Gasteiger partial charge in [0.05, 0.1) is 12.6 Å². The van der Waals surface area contributed by atoms with Gasteiger partial charge in [0.25, 0.3) is 0 Å². The van der Waals surface area contributed by atoms with Crippen LogP contribution in [0.25, 0.3) is 0 Å². The van der Waals surface area contributed by atoms with Gasteiger partial charge in [-0.1, -0.05) is 52.7 Å². The van der Waals surface area contributed by atoms with E-state index in [0.29, 0.717) is 11.6 Å². The van der Waals surface area contributed by atoms with E-state index in [4.69, 9.17) is 22.1 Å². The van der Waals surface area contributed by atoms with Crippen molar-refractivity contribution < 1.29 is 4.74 Å². The molecule has 2 rings (SSSR count). The number of benzene rings is 2. The Morgan fingerprint density at radius 2 is 1.95 bits per heavy atom. The summed E-state index contributed by atoms with van der Waals surface area (Å²) < 4.78 is 6.72. The summed E-state index contributed by atoms with van der Waals surface area (Å²) in [5.74, 6) is 0.817. The Balaban J connectivity index is 2.37. The zero-order valence-electron chi connectivity index (χ0n) is 11.3. The topological polar surface area (TPSA) is 35.2 Å². The Hall–Kier alpha value is -1.03. The molecule has 106 valence electrons. The maximum absolute atomic E-state index is 6.37. The highest BCUT2D eigenvalue weighted by Gasteiger charge is 2.16. The zero-order chi connectivity index (χ0) is 14.5. The molecule has 0 amide bonds. The van der Waals surface area contributed by atoms with Crippen LogP contribution in [0.15, 0.2) is 46.9 Å². The summed E-state index contributed by atoms with van der Waals surface area (Å²) in [7, 11) is 0. The molecule has 4 heteroatoms. The molecule has 2 aromatic rings. The van der Waals surface area contributed by atoms with Crippen LogP contribution in [-0.2, 0) is 0 Å². The van der Waals surface area contributed by atoms with E-state index in [0.717, 1.165) is 27.8 Å². The average molecular weight is 355 g/mol. The van der Waals surface area contributed by atoms with Gasteiger partial charge in [0.2, 0.25) is 0 Å². The van der Waals surface area contributed by atoms with E-state index in [-0.39, 0.29) is 6.04 Å². The van der Waals surface area contributed by atoms with Gasteiger partial charge in [-0.15, -0.1) is 0 Å². The van der Waals surface area contributed by atoms with Crippen LogP contribution in [0, 0.1) is 0 Å². The molecular weight excluding hydrogens is 338 g/mol. The fraction of sp³-hybridized carbons (Fsp3) is 0.250. The van der Waals surface area contributed by atoms with Crippen molar-refractivity contribution >= 4 is 27.5 Å². The highest BCUT2D eigenvalue weighted by atomic mass is 79.9. The summed E-state index contributed by atoms with van der Waals surface area (Å²) in [6, 6.07) is 13.2. The molecule has 1 atom stereocenters. The van der Waals surface area contributed by atoms with Crippen molar-refractivity contribution in [1.29, 1.82) is 0 Å². The number of ether oxygens (including phenoxy) is 1. The van der Waals surface area contributed by atoms with Crippen LogP contribution in [-0.4, -0.2) is 6.61 Å². The van der Waals surface area contributed by atoms with E-state index in [1.807, 2.05) is 42.5 Å². The summed E-state index contributed by atoms with van der Waals surface area (Å²) in [4.78, 5) is 0. The second-order valence-corrected chi connectivity index (χ2v) is 5.85. The molecule has 2 nitrogen and oxygen atoms in total. The first-order valence-electron chi connectivity index (χ1n) is 6.55. The van der Waals surface area contributed by atoms with E-state index in [1.165, 1.54) is 0 Å². The second kappa shape index (κ2) is 7.11. The van der Waals surface area contributed by atoms with Crippen molar-refractivity contribution in [3.63, 3.8) is 0 Å². The van der Waals surface area contributed by atoms with Gasteiger partial charge in [0.1, 0.15) is 5.75 Å². The van der Waals surface area contributed by atoms with Crippen LogP contribution in [0.4, 0.5) is 0 Å². The van der Waals surface area contributed by atoms with Crippen LogP contribution in [0.2, 0.25) is 5.02 Å². The lowest BCUT2D eigenvalue weighted by atomic mass is 9.99. The van der Waals surface area contributed by atoms with Gasteiger partial charge < -0.3 is 10.5 Å². The maximum Gasteiger partial charge on any atom is 0.124 e. The van der Waals surface area contributed by atoms with Gasteiger partial charge in [-0.05, 0) is 36.2 Å². The lowest BCUT2D eigenvalue weighted by Crippen LogP contribution is -2.14. The molecule has 0 aliphatic rings. The molecule has 0 heterocycles. The minimum Gasteiger partial charge on any atom is -0.493 e. The van der Waals surface area contributed by atoms with Gasteiger partial charge in [0.15, 0.2) is 0 Å². The Morgan fingerprint density at radius 1 is 1.20 bits per heavy atom. The van der Waals surface area contributed by atoms with E-state index in [1.54, 1.807) is 0 Å². The molecule has 2 N–H and O–H groups in total. The molecule has 2 aromatic carbocycles. The molecule has 0 spiro atoms. The monoisotopic (exact) mass is 353 g/mol. The molecule has 0 aliphatic heterocycles. The molecule has 0 saturated heterocycles. The molecule has 1 unspecified atom stereocenters. The minimum atomic E-state index is -0.312. The van der Waals surface area contributed by atoms with Crippen molar-refractivity contribution in [3.8, 4) is 5.75 Å². The van der Waals surface area contributed by atoms with Crippen molar-refractivity contribution in [2.75, 3.05) is 6.61 Å². The van der Waals surface area contributed by atoms with Crippen molar-refractivity contribution in [3.05, 3.63) is 63.1 Å². The van der Waals surface area contributed by atoms with Gasteiger partial charge in [-0.3, -0.25) is 0 Å². The third-order valence-corrected chi connectivity index (χ3v) is 3.85. The lowest BCUT2D eigenvalue weighted by molar-refractivity contribution is 0.313. The summed E-state index contributed by atoms with van der Waals surface area (Å²) in [5.41, 5.74) is 8.20. The van der Waals surface area contributed by atoms with Crippen LogP contribution in [0.1, 0.15) is 30.5 Å². The first kappa shape index (κ1) is 15.4. The quantitative estimate of drug-likeness (QED) is 0.825. The van der Waals surface area contributed by atoms with E-state index < -0.39 is 0 Å². The van der Waals surface area contributed by atoms with E-state index in [2.05, 4.69) is 22.9 Å². The number of nitrogens with two attached hydrogens (primary N) is 1. The molecule has 0 saturated carbocycles. The zero-order valence-corrected chi connectivity index (χ0v) is 13.6. The average Bonchev–Trinajstić information content (AvgIpc) is 2.47. The number of halogens is 2. The Kier molecular flexibility index (Phi) is 5.46. The lowest BCUT2D eigenvalue weighted by Gasteiger charge is -2.18. The van der Waals surface area contributed by atoms with Crippen molar-refractivity contribution in [2.24, 2.45) is 5.73 Å². The van der Waals surface area contributed by atoms with E-state index >= 15 is 0 Å². The third kappa shape index (κ3) is 3.54. The fourth-order valence-electron chi connectivity index (χ4n) is 2.00. The maximum atomic E-state index is 6.37. The Morgan fingerprint density at radius 3 is 2.70 bits per heavy atom. The molecule has 0 bridgehead atoms. The van der Waals surface area contributed by atoms with Crippen molar-refractivity contribution in [1.82, 2.24) is 0 Å². The molecule has 20 heavy (non-hydrogen) atoms. The Labute approximate surface area is 133 Å². The third-order valence-electron chi connectivity index (χ3n) is 3.01. The smallest absolute Gasteiger partial charge is 0.124 e. The molecule has 0 aliphatic carbocycles. The molecule has 0 radical (unpaired) electrons. The highest BCUT2D eigenvalue weighted by Crippen LogP contribution is 2.33. The largest absolute Gasteiger partial charge is 0.493 e. The summed E-state index contributed by atoms with van der Waals surface area (Å²) >= 11 is 9.71. The predicted octanol–water partition coefficient (Wildman–Crippen LogP) is 4.94. The first-order chi connectivity index (χ1) is 9.63. The standard InChI is InChI=1S/C16H17BrClNO/c1-2-9-20-15-6-4-3-5-12(15)16(19)13-10-11(17)7-8-14(13)18/h3-8,10,16H,2,9,19H2,1H3. The molecule has 0 aromatic heterocycles. The normalized spacial score (nSPS) is 12.2. The summed E-state index contributed by atoms with van der Waals surface area (Å²) in [6.07, 6.45) is 0.960. The second-order valence-electron chi connectivity index (χ2n) is 4.53. The molecular formula is C16H17BrClNO. The Bertz CT molecular complexity index is 588. The van der Waals surface area contributed by atoms with Gasteiger partial charge in [-0.25, -0.2) is 0 Å². The van der Waals surface area contributed by atoms with Gasteiger partial charge in [0, 0.05) is 15.1 Å². The number of hydrogen-bond donors (Lipinski definition) is 1. The van der Waals surface area contributed by atoms with Crippen LogP contribution in [0.3, 0.4) is 0 Å². The van der Waals surface area contributed by atoms with Gasteiger partial charge >= 0.3 is 0 Å². The fourth-order valence-corrected chi connectivity index (χ4v) is 2.62. The molecule has 0 fully saturated rings. The summed E-state index contributed by atoms with van der Waals surface area (Å²) in [5, 5.41) is 0.658. The summed E-state index contributed by atoms with van der Waals surface area (Å²) in [6.45, 7) is 2.75. The van der Waals surface area contributed by atoms with E-state index in [9.17, 15) is 0 Å². The highest BCUT2D eigenvalue weighted by molar-refractivity contribution is 9.10. The van der Waals surface area contributed by atoms with Crippen LogP contribution >= 0.6 is 27.5 Å². The number of hydrogen-bond acceptors (Lipinski definition) is 2. The van der Waals surface area contributed by atoms with Gasteiger partial charge in [-0.2, -0.15) is 0 Å². The van der Waals surface area contributed by atoms with Crippen molar-refractivity contribution in [2.45, 2.75) is 19.4 Å². The van der Waals surface area contributed by atoms with Crippen LogP contribution < -0.4 is 10.5 Å². The first-order valence-corrected chi connectivity index (χ1v) is 7.72.